The van der Waals surface area contributed by atoms with E-state index in [1.807, 2.05) is 29.1 Å². The lowest BCUT2D eigenvalue weighted by Crippen LogP contribution is -2.32. The largest absolute Gasteiger partial charge is 0.433 e. The topological polar surface area (TPSA) is 140 Å². The van der Waals surface area contributed by atoms with E-state index < -0.39 is 16.8 Å². The molecule has 1 aromatic carbocycles. The molecule has 13 heteroatoms. The molecule has 12 nitrogen and oxygen atoms in total. The van der Waals surface area contributed by atoms with Crippen LogP contribution in [0.25, 0.3) is 0 Å². The number of thioether (sulfide) groups is 1. The van der Waals surface area contributed by atoms with Gasteiger partial charge in [-0.2, -0.15) is 5.10 Å². The highest BCUT2D eigenvalue weighted by Crippen LogP contribution is 2.21. The third kappa shape index (κ3) is 6.78. The lowest BCUT2D eigenvalue weighted by Gasteiger charge is -2.13. The molecule has 4 rings (SSSR count). The van der Waals surface area contributed by atoms with Gasteiger partial charge in [-0.15, -0.1) is 16.9 Å². The van der Waals surface area contributed by atoms with Crippen LogP contribution in [0, 0.1) is 10.1 Å². The molecule has 1 aliphatic rings. The van der Waals surface area contributed by atoms with E-state index in [1.54, 1.807) is 11.8 Å². The van der Waals surface area contributed by atoms with Crippen LogP contribution in [0.4, 0.5) is 10.7 Å². The number of carbonyl (C=O) groups is 2. The first-order valence-corrected chi connectivity index (χ1v) is 12.4. The van der Waals surface area contributed by atoms with Crippen LogP contribution in [-0.2, 0) is 17.1 Å². The van der Waals surface area contributed by atoms with Crippen LogP contribution in [0.15, 0.2) is 63.1 Å². The first-order valence-electron chi connectivity index (χ1n) is 11.5. The molecular weight excluding hydrogens is 486 g/mol. The van der Waals surface area contributed by atoms with Crippen molar-refractivity contribution in [2.24, 2.45) is 5.10 Å². The minimum absolute atomic E-state index is 0.120. The number of nitrogens with zero attached hydrogens (tertiary/aromatic N) is 7. The number of imide groups is 1. The van der Waals surface area contributed by atoms with Gasteiger partial charge in [0.05, 0.1) is 18.0 Å². The molecule has 0 radical (unpaired) electrons. The zero-order chi connectivity index (χ0) is 25.3. The van der Waals surface area contributed by atoms with E-state index in [0.717, 1.165) is 42.3 Å². The molecule has 0 atom stereocenters. The van der Waals surface area contributed by atoms with E-state index in [4.69, 9.17) is 4.42 Å². The fourth-order valence-electron chi connectivity index (χ4n) is 3.56. The summed E-state index contributed by atoms with van der Waals surface area (Å²) >= 11 is 1.72. The molecule has 0 N–H and O–H groups in total. The highest BCUT2D eigenvalue weighted by molar-refractivity contribution is 7.98. The molecule has 0 unspecified atom stereocenters. The summed E-state index contributed by atoms with van der Waals surface area (Å²) in [6.45, 7) is 0.910. The predicted octanol–water partition coefficient (Wildman–Crippen LogP) is 3.93. The minimum atomic E-state index is -0.667. The van der Waals surface area contributed by atoms with Gasteiger partial charge in [0, 0.05) is 29.9 Å². The second kappa shape index (κ2) is 12.1. The maximum absolute atomic E-state index is 12.5. The van der Waals surface area contributed by atoms with Crippen LogP contribution in [-0.4, -0.2) is 61.1 Å². The number of urea groups is 1. The van der Waals surface area contributed by atoms with Gasteiger partial charge in [-0.3, -0.25) is 24.5 Å². The predicted molar refractivity (Wildman–Crippen MR) is 131 cm³/mol. The molecule has 3 aromatic rings. The quantitative estimate of drug-likeness (QED) is 0.0839. The molecule has 3 heterocycles. The summed E-state index contributed by atoms with van der Waals surface area (Å²) in [7, 11) is 0. The Morgan fingerprint density at radius 2 is 1.86 bits per heavy atom. The van der Waals surface area contributed by atoms with Crippen molar-refractivity contribution >= 4 is 35.8 Å². The summed E-state index contributed by atoms with van der Waals surface area (Å²) in [5.74, 6) is 0.138. The Labute approximate surface area is 211 Å². The average Bonchev–Trinajstić information content (AvgIpc) is 3.60. The van der Waals surface area contributed by atoms with Crippen molar-refractivity contribution in [1.82, 2.24) is 24.9 Å². The number of aryl methyl sites for hydroxylation is 1. The standard InChI is InChI=1S/C23H25N7O5S/c31-21-16-29(24-14-19-10-11-22(35-19)30(33)34)23(32)28(21)13-7-2-1-6-12-27-15-18(25-26-27)17-36-20-8-4-3-5-9-20/h3-5,8-11,14-15H,1-2,6-7,12-13,16-17H2/b24-14+. The molecule has 0 aliphatic carbocycles. The molecule has 36 heavy (non-hydrogen) atoms. The Morgan fingerprint density at radius 1 is 1.08 bits per heavy atom. The summed E-state index contributed by atoms with van der Waals surface area (Å²) in [6.07, 6.45) is 6.55. The van der Waals surface area contributed by atoms with Crippen LogP contribution in [0.3, 0.4) is 0 Å². The summed E-state index contributed by atoms with van der Waals surface area (Å²) < 4.78 is 6.81. The van der Waals surface area contributed by atoms with E-state index in [2.05, 4.69) is 27.5 Å². The number of furan rings is 1. The number of amides is 3. The molecule has 1 fully saturated rings. The monoisotopic (exact) mass is 511 g/mol. The van der Waals surface area contributed by atoms with E-state index in [9.17, 15) is 19.7 Å². The number of hydrogen-bond donors (Lipinski definition) is 0. The Hall–Kier alpha value is -4.00. The highest BCUT2D eigenvalue weighted by atomic mass is 32.2. The van der Waals surface area contributed by atoms with Crippen LogP contribution < -0.4 is 0 Å². The van der Waals surface area contributed by atoms with Crippen molar-refractivity contribution < 1.29 is 18.9 Å². The molecule has 0 bridgehead atoms. The van der Waals surface area contributed by atoms with Gasteiger partial charge in [-0.25, -0.2) is 9.80 Å². The molecule has 0 spiro atoms. The van der Waals surface area contributed by atoms with Gasteiger partial charge in [0.25, 0.3) is 5.91 Å². The van der Waals surface area contributed by atoms with Gasteiger partial charge >= 0.3 is 11.9 Å². The first-order chi connectivity index (χ1) is 17.5. The number of carbonyl (C=O) groups excluding carboxylic acids is 2. The normalized spacial score (nSPS) is 13.9. The number of aromatic nitrogens is 3. The molecule has 0 saturated carbocycles. The number of unbranched alkanes of at least 4 members (excludes halogenated alkanes) is 3. The Morgan fingerprint density at radius 3 is 2.61 bits per heavy atom. The molecular formula is C23H25N7O5S. The van der Waals surface area contributed by atoms with Gasteiger partial charge in [-0.05, 0) is 31.0 Å². The second-order valence-corrected chi connectivity index (χ2v) is 9.10. The van der Waals surface area contributed by atoms with Crippen LogP contribution in [0.2, 0.25) is 0 Å². The lowest BCUT2D eigenvalue weighted by molar-refractivity contribution is -0.402. The summed E-state index contributed by atoms with van der Waals surface area (Å²) in [5.41, 5.74) is 0.937. The van der Waals surface area contributed by atoms with Crippen LogP contribution >= 0.6 is 11.8 Å². The van der Waals surface area contributed by atoms with Gasteiger partial charge in [-0.1, -0.05) is 36.3 Å². The minimum Gasteiger partial charge on any atom is -0.400 e. The van der Waals surface area contributed by atoms with Crippen molar-refractivity contribution in [3.8, 4) is 0 Å². The average molecular weight is 512 g/mol. The van der Waals surface area contributed by atoms with Gasteiger partial charge in [0.2, 0.25) is 0 Å². The smallest absolute Gasteiger partial charge is 0.400 e. The fourth-order valence-corrected chi connectivity index (χ4v) is 4.36. The van der Waals surface area contributed by atoms with Crippen LogP contribution in [0.1, 0.15) is 37.1 Å². The molecule has 2 aromatic heterocycles. The number of hydrogen-bond acceptors (Lipinski definition) is 9. The van der Waals surface area contributed by atoms with Crippen molar-refractivity contribution in [2.75, 3.05) is 13.1 Å². The maximum atomic E-state index is 12.5. The molecule has 188 valence electrons. The molecule has 1 aliphatic heterocycles. The van der Waals surface area contributed by atoms with Crippen molar-refractivity contribution in [3.05, 3.63) is 70.2 Å². The summed E-state index contributed by atoms with van der Waals surface area (Å²) in [6, 6.07) is 12.2. The summed E-state index contributed by atoms with van der Waals surface area (Å²) in [5, 5.41) is 24.0. The van der Waals surface area contributed by atoms with E-state index in [1.165, 1.54) is 28.1 Å². The number of rotatable bonds is 13. The number of nitro groups is 1. The van der Waals surface area contributed by atoms with Crippen molar-refractivity contribution in [2.45, 2.75) is 42.9 Å². The van der Waals surface area contributed by atoms with E-state index >= 15 is 0 Å². The molecule has 1 saturated heterocycles. The zero-order valence-corrected chi connectivity index (χ0v) is 20.2. The summed E-state index contributed by atoms with van der Waals surface area (Å²) in [4.78, 5) is 37.0. The number of hydrazone groups is 1. The van der Waals surface area contributed by atoms with Crippen LogP contribution in [0.5, 0.6) is 0 Å². The SMILES string of the molecule is O=C1CN(/N=C/c2ccc([N+](=O)[O-])o2)C(=O)N1CCCCCCn1cc(CSc2ccccc2)nn1. The Bertz CT molecular complexity index is 1230. The fraction of sp³-hybridized carbons (Fsp3) is 0.348. The molecule has 3 amide bonds. The lowest BCUT2D eigenvalue weighted by atomic mass is 10.2. The zero-order valence-electron chi connectivity index (χ0n) is 19.4. The third-order valence-electron chi connectivity index (χ3n) is 5.39. The third-order valence-corrected chi connectivity index (χ3v) is 6.44. The van der Waals surface area contributed by atoms with Gasteiger partial charge in [0.1, 0.15) is 11.5 Å². The number of benzene rings is 1. The Balaban J connectivity index is 1.12. The van der Waals surface area contributed by atoms with Gasteiger partial charge < -0.3 is 4.42 Å². The van der Waals surface area contributed by atoms with Gasteiger partial charge in [0.15, 0.2) is 5.76 Å². The van der Waals surface area contributed by atoms with Crippen molar-refractivity contribution in [1.29, 1.82) is 0 Å². The van der Waals surface area contributed by atoms with E-state index in [0.29, 0.717) is 13.0 Å². The van der Waals surface area contributed by atoms with Crippen molar-refractivity contribution in [3.63, 3.8) is 0 Å². The second-order valence-electron chi connectivity index (χ2n) is 8.05. The highest BCUT2D eigenvalue weighted by Gasteiger charge is 2.35. The maximum Gasteiger partial charge on any atom is 0.433 e. The first kappa shape index (κ1) is 25.1. The Kier molecular flexibility index (Phi) is 8.44. The van der Waals surface area contributed by atoms with E-state index in [-0.39, 0.29) is 18.2 Å².